The monoisotopic (exact) mass is 317 g/mol. The van der Waals surface area contributed by atoms with Crippen LogP contribution in [0.3, 0.4) is 0 Å². The standard InChI is InChI=1S/C17H23N3OS/c1-19(2)16(21)9-12-20-10-7-13(8-11-20)17-18-14-5-3-4-6-15(14)22-17/h3-6,13H,7-12H2,1-2H3. The van der Waals surface area contributed by atoms with E-state index in [2.05, 4.69) is 29.2 Å². The molecule has 22 heavy (non-hydrogen) atoms. The Morgan fingerprint density at radius 1 is 1.32 bits per heavy atom. The Bertz CT molecular complexity index is 611. The first-order valence-corrected chi connectivity index (χ1v) is 8.73. The molecule has 2 aromatic rings. The summed E-state index contributed by atoms with van der Waals surface area (Å²) in [6, 6.07) is 8.38. The molecule has 0 atom stereocenters. The molecular formula is C17H23N3OS. The van der Waals surface area contributed by atoms with Crippen LogP contribution in [0.4, 0.5) is 0 Å². The van der Waals surface area contributed by atoms with E-state index < -0.39 is 0 Å². The third-order valence-electron chi connectivity index (χ3n) is 4.39. The van der Waals surface area contributed by atoms with Crippen molar-refractivity contribution in [2.45, 2.75) is 25.2 Å². The minimum atomic E-state index is 0.216. The van der Waals surface area contributed by atoms with Gasteiger partial charge >= 0.3 is 0 Å². The topological polar surface area (TPSA) is 36.4 Å². The maximum atomic E-state index is 11.7. The highest BCUT2D eigenvalue weighted by Gasteiger charge is 2.23. The SMILES string of the molecule is CN(C)C(=O)CCN1CCC(c2nc3ccccc3s2)CC1. The Morgan fingerprint density at radius 3 is 2.73 bits per heavy atom. The number of fused-ring (bicyclic) bond motifs is 1. The number of likely N-dealkylation sites (tertiary alicyclic amines) is 1. The molecule has 0 bridgehead atoms. The van der Waals surface area contributed by atoms with E-state index in [1.54, 1.807) is 4.90 Å². The van der Waals surface area contributed by atoms with Crippen LogP contribution in [-0.2, 0) is 4.79 Å². The number of carbonyl (C=O) groups is 1. The Hall–Kier alpha value is -1.46. The molecule has 1 saturated heterocycles. The van der Waals surface area contributed by atoms with Crippen molar-refractivity contribution in [3.8, 4) is 0 Å². The first-order chi connectivity index (χ1) is 10.6. The molecule has 3 rings (SSSR count). The Balaban J connectivity index is 1.54. The van der Waals surface area contributed by atoms with Crippen molar-refractivity contribution in [1.29, 1.82) is 0 Å². The molecule has 2 heterocycles. The molecule has 0 N–H and O–H groups in total. The Morgan fingerprint density at radius 2 is 2.05 bits per heavy atom. The Labute approximate surface area is 135 Å². The van der Waals surface area contributed by atoms with Gasteiger partial charge in [0.1, 0.15) is 0 Å². The van der Waals surface area contributed by atoms with Crippen LogP contribution in [0, 0.1) is 0 Å². The summed E-state index contributed by atoms with van der Waals surface area (Å²) in [5, 5.41) is 1.28. The van der Waals surface area contributed by atoms with E-state index in [1.807, 2.05) is 25.4 Å². The van der Waals surface area contributed by atoms with Crippen LogP contribution in [0.1, 0.15) is 30.2 Å². The molecule has 0 unspecified atom stereocenters. The second-order valence-electron chi connectivity index (χ2n) is 6.17. The fourth-order valence-electron chi connectivity index (χ4n) is 2.95. The largest absolute Gasteiger partial charge is 0.349 e. The predicted octanol–water partition coefficient (Wildman–Crippen LogP) is 2.95. The summed E-state index contributed by atoms with van der Waals surface area (Å²) in [7, 11) is 3.64. The highest BCUT2D eigenvalue weighted by molar-refractivity contribution is 7.18. The van der Waals surface area contributed by atoms with Crippen LogP contribution in [0.25, 0.3) is 10.2 Å². The lowest BCUT2D eigenvalue weighted by atomic mass is 9.97. The summed E-state index contributed by atoms with van der Waals surface area (Å²) in [6.45, 7) is 3.02. The van der Waals surface area contributed by atoms with Gasteiger partial charge in [-0.15, -0.1) is 11.3 Å². The predicted molar refractivity (Wildman–Crippen MR) is 91.3 cm³/mol. The van der Waals surface area contributed by atoms with Crippen molar-refractivity contribution in [2.75, 3.05) is 33.7 Å². The molecule has 0 radical (unpaired) electrons. The number of nitrogens with zero attached hydrogens (tertiary/aromatic N) is 3. The molecule has 118 valence electrons. The lowest BCUT2D eigenvalue weighted by Gasteiger charge is -2.31. The summed E-state index contributed by atoms with van der Waals surface area (Å²) in [5.74, 6) is 0.798. The first kappa shape index (κ1) is 15.4. The van der Waals surface area contributed by atoms with E-state index in [0.717, 1.165) is 38.0 Å². The van der Waals surface area contributed by atoms with Crippen LogP contribution >= 0.6 is 11.3 Å². The number of aromatic nitrogens is 1. The van der Waals surface area contributed by atoms with E-state index in [1.165, 1.54) is 9.71 Å². The molecule has 1 amide bonds. The molecule has 1 aliphatic heterocycles. The number of para-hydroxylation sites is 1. The third kappa shape index (κ3) is 3.47. The zero-order valence-corrected chi connectivity index (χ0v) is 14.1. The molecule has 1 fully saturated rings. The number of amides is 1. The molecule has 1 aromatic carbocycles. The van der Waals surface area contributed by atoms with E-state index in [-0.39, 0.29) is 5.91 Å². The van der Waals surface area contributed by atoms with Gasteiger partial charge in [-0.05, 0) is 38.1 Å². The number of hydrogen-bond donors (Lipinski definition) is 0. The summed E-state index contributed by atoms with van der Waals surface area (Å²) in [5.41, 5.74) is 1.13. The lowest BCUT2D eigenvalue weighted by Crippen LogP contribution is -2.36. The second-order valence-corrected chi connectivity index (χ2v) is 7.24. The highest BCUT2D eigenvalue weighted by Crippen LogP contribution is 2.33. The average molecular weight is 317 g/mol. The van der Waals surface area contributed by atoms with Gasteiger partial charge in [-0.1, -0.05) is 12.1 Å². The summed E-state index contributed by atoms with van der Waals surface area (Å²) in [6.07, 6.45) is 2.92. The highest BCUT2D eigenvalue weighted by atomic mass is 32.1. The van der Waals surface area contributed by atoms with E-state index in [0.29, 0.717) is 12.3 Å². The smallest absolute Gasteiger partial charge is 0.223 e. The van der Waals surface area contributed by atoms with Gasteiger partial charge in [0.2, 0.25) is 5.91 Å². The van der Waals surface area contributed by atoms with E-state index in [9.17, 15) is 4.79 Å². The van der Waals surface area contributed by atoms with Gasteiger partial charge in [0.15, 0.2) is 0 Å². The van der Waals surface area contributed by atoms with Crippen LogP contribution in [0.15, 0.2) is 24.3 Å². The number of carbonyl (C=O) groups excluding carboxylic acids is 1. The third-order valence-corrected chi connectivity index (χ3v) is 5.59. The van der Waals surface area contributed by atoms with Gasteiger partial charge in [0, 0.05) is 33.0 Å². The van der Waals surface area contributed by atoms with Gasteiger partial charge in [-0.3, -0.25) is 4.79 Å². The maximum Gasteiger partial charge on any atom is 0.223 e. The molecule has 0 spiro atoms. The van der Waals surface area contributed by atoms with Gasteiger partial charge < -0.3 is 9.80 Å². The van der Waals surface area contributed by atoms with Crippen LogP contribution in [0.5, 0.6) is 0 Å². The van der Waals surface area contributed by atoms with Crippen molar-refractivity contribution in [2.24, 2.45) is 0 Å². The number of piperidine rings is 1. The minimum absolute atomic E-state index is 0.216. The van der Waals surface area contributed by atoms with Crippen LogP contribution in [0.2, 0.25) is 0 Å². The number of hydrogen-bond acceptors (Lipinski definition) is 4. The van der Waals surface area contributed by atoms with Crippen molar-refractivity contribution >= 4 is 27.5 Å². The zero-order chi connectivity index (χ0) is 15.5. The zero-order valence-electron chi connectivity index (χ0n) is 13.3. The fourth-order valence-corrected chi connectivity index (χ4v) is 4.08. The minimum Gasteiger partial charge on any atom is -0.349 e. The van der Waals surface area contributed by atoms with Crippen LogP contribution in [-0.4, -0.2) is 54.4 Å². The van der Waals surface area contributed by atoms with Crippen LogP contribution < -0.4 is 0 Å². The molecule has 0 saturated carbocycles. The van der Waals surface area contributed by atoms with Gasteiger partial charge in [0.05, 0.1) is 15.2 Å². The maximum absolute atomic E-state index is 11.7. The molecule has 1 aliphatic rings. The summed E-state index contributed by atoms with van der Waals surface area (Å²) < 4.78 is 1.29. The quantitative estimate of drug-likeness (QED) is 0.870. The molecule has 1 aromatic heterocycles. The molecule has 4 nitrogen and oxygen atoms in total. The number of benzene rings is 1. The molecule has 5 heteroatoms. The van der Waals surface area contributed by atoms with E-state index >= 15 is 0 Å². The van der Waals surface area contributed by atoms with Gasteiger partial charge in [-0.2, -0.15) is 0 Å². The Kier molecular flexibility index (Phi) is 4.74. The van der Waals surface area contributed by atoms with Gasteiger partial charge in [0.25, 0.3) is 0 Å². The van der Waals surface area contributed by atoms with E-state index in [4.69, 9.17) is 4.98 Å². The second kappa shape index (κ2) is 6.75. The number of rotatable bonds is 4. The lowest BCUT2D eigenvalue weighted by molar-refractivity contribution is -0.129. The van der Waals surface area contributed by atoms with Crippen molar-refractivity contribution in [3.63, 3.8) is 0 Å². The summed E-state index contributed by atoms with van der Waals surface area (Å²) in [4.78, 5) is 20.5. The average Bonchev–Trinajstić information content (AvgIpc) is 2.97. The van der Waals surface area contributed by atoms with Crippen molar-refractivity contribution < 1.29 is 4.79 Å². The fraction of sp³-hybridized carbons (Fsp3) is 0.529. The van der Waals surface area contributed by atoms with Crippen molar-refractivity contribution in [3.05, 3.63) is 29.3 Å². The molecule has 0 aliphatic carbocycles. The summed E-state index contributed by atoms with van der Waals surface area (Å²) >= 11 is 1.84. The number of thiazole rings is 1. The first-order valence-electron chi connectivity index (χ1n) is 7.91. The molecular weight excluding hydrogens is 294 g/mol. The normalized spacial score (nSPS) is 17.0. The van der Waals surface area contributed by atoms with Crippen molar-refractivity contribution in [1.82, 2.24) is 14.8 Å². The van der Waals surface area contributed by atoms with Gasteiger partial charge in [-0.25, -0.2) is 4.98 Å².